The van der Waals surface area contributed by atoms with Gasteiger partial charge in [-0.1, -0.05) is 18.9 Å². The average molecular weight is 415 g/mol. The van der Waals surface area contributed by atoms with E-state index in [1.165, 1.54) is 20.0 Å². The smallest absolute Gasteiger partial charge is 0.329 e. The normalized spacial score (nSPS) is 21.6. The molecule has 1 aromatic carbocycles. The minimum atomic E-state index is -1.08. The highest BCUT2D eigenvalue weighted by Gasteiger charge is 2.51. The van der Waals surface area contributed by atoms with Gasteiger partial charge in [0.25, 0.3) is 11.8 Å². The van der Waals surface area contributed by atoms with Gasteiger partial charge in [0.1, 0.15) is 6.04 Å². The van der Waals surface area contributed by atoms with Crippen LogP contribution in [0, 0.1) is 11.8 Å². The zero-order valence-corrected chi connectivity index (χ0v) is 17.0. The van der Waals surface area contributed by atoms with Crippen LogP contribution in [0.25, 0.3) is 0 Å². The van der Waals surface area contributed by atoms with E-state index < -0.39 is 24.5 Å². The van der Waals surface area contributed by atoms with Crippen LogP contribution in [0.5, 0.6) is 0 Å². The number of ether oxygens (including phenoxy) is 1. The topological polar surface area (TPSA) is 122 Å². The highest BCUT2D eigenvalue weighted by Crippen LogP contribution is 2.38. The van der Waals surface area contributed by atoms with E-state index in [-0.39, 0.29) is 29.6 Å². The van der Waals surface area contributed by atoms with Gasteiger partial charge >= 0.3 is 5.97 Å². The molecular formula is C21H25N3O6. The summed E-state index contributed by atoms with van der Waals surface area (Å²) >= 11 is 0. The molecule has 4 amide bonds. The maximum Gasteiger partial charge on any atom is 0.329 e. The summed E-state index contributed by atoms with van der Waals surface area (Å²) in [5.41, 5.74) is 0.743. The monoisotopic (exact) mass is 415 g/mol. The van der Waals surface area contributed by atoms with Crippen molar-refractivity contribution in [1.82, 2.24) is 10.2 Å². The molecule has 2 unspecified atom stereocenters. The molecule has 0 spiro atoms. The molecular weight excluding hydrogens is 390 g/mol. The molecule has 0 radical (unpaired) electrons. The molecule has 1 aliphatic heterocycles. The van der Waals surface area contributed by atoms with Crippen LogP contribution in [0.15, 0.2) is 24.3 Å². The first-order valence-electron chi connectivity index (χ1n) is 9.99. The van der Waals surface area contributed by atoms with Crippen molar-refractivity contribution in [2.75, 3.05) is 19.0 Å². The Labute approximate surface area is 174 Å². The van der Waals surface area contributed by atoms with Crippen LogP contribution in [-0.4, -0.2) is 54.2 Å². The van der Waals surface area contributed by atoms with E-state index in [2.05, 4.69) is 10.6 Å². The van der Waals surface area contributed by atoms with Crippen LogP contribution in [0.3, 0.4) is 0 Å². The van der Waals surface area contributed by atoms with Crippen LogP contribution >= 0.6 is 0 Å². The lowest BCUT2D eigenvalue weighted by Crippen LogP contribution is -2.45. The summed E-state index contributed by atoms with van der Waals surface area (Å²) in [6.45, 7) is 0.858. The van der Waals surface area contributed by atoms with Gasteiger partial charge in [0.15, 0.2) is 6.61 Å². The number of esters is 1. The predicted molar refractivity (Wildman–Crippen MR) is 106 cm³/mol. The van der Waals surface area contributed by atoms with E-state index in [1.807, 2.05) is 0 Å². The lowest BCUT2D eigenvalue weighted by Gasteiger charge is -2.21. The van der Waals surface area contributed by atoms with Crippen LogP contribution in [0.1, 0.15) is 43.0 Å². The molecule has 1 aliphatic carbocycles. The van der Waals surface area contributed by atoms with Crippen LogP contribution < -0.4 is 10.6 Å². The number of hydrogen-bond acceptors (Lipinski definition) is 6. The number of nitrogens with zero attached hydrogens (tertiary/aromatic N) is 1. The average Bonchev–Trinajstić information content (AvgIpc) is 3.01. The molecule has 9 nitrogen and oxygen atoms in total. The van der Waals surface area contributed by atoms with Crippen LogP contribution in [0.2, 0.25) is 0 Å². The first kappa shape index (κ1) is 21.5. The second-order valence-electron chi connectivity index (χ2n) is 7.54. The third kappa shape index (κ3) is 4.34. The van der Waals surface area contributed by atoms with Crippen LogP contribution in [0.4, 0.5) is 5.69 Å². The van der Waals surface area contributed by atoms with Gasteiger partial charge in [-0.2, -0.15) is 0 Å². The molecule has 1 aromatic rings. The van der Waals surface area contributed by atoms with Gasteiger partial charge in [0, 0.05) is 18.3 Å². The van der Waals surface area contributed by atoms with Crippen molar-refractivity contribution in [3.05, 3.63) is 29.8 Å². The Kier molecular flexibility index (Phi) is 6.49. The molecule has 3 atom stereocenters. The summed E-state index contributed by atoms with van der Waals surface area (Å²) in [5.74, 6) is -3.07. The van der Waals surface area contributed by atoms with E-state index in [0.29, 0.717) is 24.1 Å². The van der Waals surface area contributed by atoms with E-state index >= 15 is 0 Å². The Hall–Kier alpha value is -3.23. The predicted octanol–water partition coefficient (Wildman–Crippen LogP) is 1.09. The van der Waals surface area contributed by atoms with Gasteiger partial charge in [-0.05, 0) is 38.0 Å². The summed E-state index contributed by atoms with van der Waals surface area (Å²) in [7, 11) is 1.50. The summed E-state index contributed by atoms with van der Waals surface area (Å²) < 4.78 is 5.02. The summed E-state index contributed by atoms with van der Waals surface area (Å²) in [6, 6.07) is 5.21. The number of nitrogens with one attached hydrogen (secondary N) is 2. The fraction of sp³-hybridized carbons (Fsp3) is 0.476. The van der Waals surface area contributed by atoms with E-state index in [1.54, 1.807) is 18.2 Å². The van der Waals surface area contributed by atoms with Crippen molar-refractivity contribution in [3.63, 3.8) is 0 Å². The Morgan fingerprint density at radius 2 is 1.77 bits per heavy atom. The van der Waals surface area contributed by atoms with Crippen LogP contribution in [-0.2, 0) is 23.9 Å². The van der Waals surface area contributed by atoms with Gasteiger partial charge in [-0.15, -0.1) is 0 Å². The van der Waals surface area contributed by atoms with Gasteiger partial charge < -0.3 is 15.4 Å². The number of benzene rings is 1. The zero-order valence-electron chi connectivity index (χ0n) is 17.0. The minimum absolute atomic E-state index is 0.299. The van der Waals surface area contributed by atoms with Crippen molar-refractivity contribution in [2.45, 2.75) is 38.6 Å². The Bertz CT molecular complexity index is 859. The number of imide groups is 1. The number of amides is 4. The maximum atomic E-state index is 12.6. The van der Waals surface area contributed by atoms with Crippen molar-refractivity contribution >= 4 is 35.3 Å². The number of hydrogen-bond donors (Lipinski definition) is 2. The fourth-order valence-electron chi connectivity index (χ4n) is 4.01. The number of likely N-dealkylation sites (tertiary alicyclic amines) is 1. The molecule has 1 saturated carbocycles. The van der Waals surface area contributed by atoms with Gasteiger partial charge in [-0.3, -0.25) is 24.1 Å². The maximum absolute atomic E-state index is 12.6. The number of carbonyl (C=O) groups excluding carboxylic acids is 5. The first-order valence-corrected chi connectivity index (χ1v) is 9.99. The molecule has 2 aliphatic rings. The molecule has 0 aromatic heterocycles. The molecule has 0 bridgehead atoms. The van der Waals surface area contributed by atoms with Gasteiger partial charge in [-0.25, -0.2) is 4.79 Å². The molecule has 30 heavy (non-hydrogen) atoms. The van der Waals surface area contributed by atoms with E-state index in [4.69, 9.17) is 4.74 Å². The van der Waals surface area contributed by atoms with Gasteiger partial charge in [0.2, 0.25) is 11.8 Å². The molecule has 3 rings (SSSR count). The largest absolute Gasteiger partial charge is 0.454 e. The summed E-state index contributed by atoms with van der Waals surface area (Å²) in [4.78, 5) is 62.3. The lowest BCUT2D eigenvalue weighted by molar-refractivity contribution is -0.159. The van der Waals surface area contributed by atoms with Crippen molar-refractivity contribution in [2.24, 2.45) is 11.8 Å². The second kappa shape index (κ2) is 9.06. The zero-order chi connectivity index (χ0) is 21.8. The standard InChI is InChI=1S/C21H25N3O6/c1-12(24-19(27)15-8-3-4-9-16(15)20(24)28)21(29)30-11-17(25)23-14-7-5-6-13(10-14)18(26)22-2/h5-7,10,12,15-16H,3-4,8-9,11H2,1-2H3,(H,22,26)(H,23,25)/t12-,15?,16?/m0/s1. The van der Waals surface area contributed by atoms with E-state index in [0.717, 1.165) is 17.7 Å². The molecule has 2 fully saturated rings. The van der Waals surface area contributed by atoms with Crippen molar-refractivity contribution in [1.29, 1.82) is 0 Å². The highest BCUT2D eigenvalue weighted by molar-refractivity contribution is 6.08. The third-order valence-electron chi connectivity index (χ3n) is 5.58. The van der Waals surface area contributed by atoms with E-state index in [9.17, 15) is 24.0 Å². The summed E-state index contributed by atoms with van der Waals surface area (Å²) in [5, 5.41) is 5.03. The summed E-state index contributed by atoms with van der Waals surface area (Å²) in [6.07, 6.45) is 3.11. The molecule has 1 saturated heterocycles. The third-order valence-corrected chi connectivity index (χ3v) is 5.58. The number of anilines is 1. The number of carbonyl (C=O) groups is 5. The SMILES string of the molecule is CNC(=O)c1cccc(NC(=O)COC(=O)[C@H](C)N2C(=O)C3CCCCC3C2=O)c1. The Morgan fingerprint density at radius 3 is 2.37 bits per heavy atom. The minimum Gasteiger partial charge on any atom is -0.454 e. The highest BCUT2D eigenvalue weighted by atomic mass is 16.5. The molecule has 2 N–H and O–H groups in total. The van der Waals surface area contributed by atoms with Crippen molar-refractivity contribution in [3.8, 4) is 0 Å². The molecule has 160 valence electrons. The first-order chi connectivity index (χ1) is 14.3. The lowest BCUT2D eigenvalue weighted by atomic mass is 9.81. The fourth-order valence-corrected chi connectivity index (χ4v) is 4.01. The number of fused-ring (bicyclic) bond motifs is 1. The van der Waals surface area contributed by atoms with Gasteiger partial charge in [0.05, 0.1) is 11.8 Å². The second-order valence-corrected chi connectivity index (χ2v) is 7.54. The number of rotatable bonds is 6. The van der Waals surface area contributed by atoms with Crippen molar-refractivity contribution < 1.29 is 28.7 Å². The Morgan fingerprint density at radius 1 is 1.13 bits per heavy atom. The Balaban J connectivity index is 1.55. The quantitative estimate of drug-likeness (QED) is 0.530. The molecule has 9 heteroatoms. The molecule has 1 heterocycles.